The van der Waals surface area contributed by atoms with E-state index in [0.717, 1.165) is 22.3 Å². The zero-order chi connectivity index (χ0) is 15.5. The molecule has 2 aromatic carbocycles. The average Bonchev–Trinajstić information content (AvgIpc) is 2.44. The van der Waals surface area contributed by atoms with Gasteiger partial charge in [-0.2, -0.15) is 0 Å². The number of hydrogen-bond acceptors (Lipinski definition) is 1. The maximum absolute atomic E-state index is 10.4. The minimum atomic E-state index is -1.34. The smallest absolute Gasteiger partial charge is 0.129 e. The highest BCUT2D eigenvalue weighted by Gasteiger charge is 2.10. The van der Waals surface area contributed by atoms with Crippen LogP contribution in [-0.2, 0) is 0 Å². The lowest BCUT2D eigenvalue weighted by molar-refractivity contribution is 0.220. The van der Waals surface area contributed by atoms with Gasteiger partial charge in [-0.05, 0) is 30.2 Å². The number of hydrogen-bond donors (Lipinski definition) is 1. The molecule has 21 heavy (non-hydrogen) atoms. The van der Waals surface area contributed by atoms with Gasteiger partial charge in [0, 0.05) is 5.56 Å². The molecule has 2 aromatic rings. The molecule has 0 aliphatic heterocycles. The summed E-state index contributed by atoms with van der Waals surface area (Å²) in [5.74, 6) is 3.23. The summed E-state index contributed by atoms with van der Waals surface area (Å²) in [5.41, 5.74) is 7.35. The Hall–Kier alpha value is -1.82. The summed E-state index contributed by atoms with van der Waals surface area (Å²) in [6, 6.07) is 15.9. The van der Waals surface area contributed by atoms with Crippen molar-refractivity contribution in [2.75, 3.05) is 0 Å². The van der Waals surface area contributed by atoms with Crippen LogP contribution in [0.25, 0.3) is 0 Å². The Bertz CT molecular complexity index is 669. The fraction of sp³-hybridized carbons (Fsp3) is 0.263. The van der Waals surface area contributed by atoms with Crippen LogP contribution in [0.1, 0.15) is 28.4 Å². The number of rotatable bonds is 2. The number of aliphatic hydroxyl groups is 1. The molecule has 0 saturated heterocycles. The first-order valence-corrected chi connectivity index (χ1v) is 10.7. The molecule has 0 heterocycles. The van der Waals surface area contributed by atoms with Crippen molar-refractivity contribution in [3.8, 4) is 11.5 Å². The lowest BCUT2D eigenvalue weighted by atomic mass is 9.99. The molecule has 1 N–H and O–H groups in total. The zero-order valence-corrected chi connectivity index (χ0v) is 14.1. The Morgan fingerprint density at radius 1 is 0.952 bits per heavy atom. The van der Waals surface area contributed by atoms with Gasteiger partial charge in [0.1, 0.15) is 14.2 Å². The van der Waals surface area contributed by atoms with Gasteiger partial charge in [-0.25, -0.2) is 0 Å². The van der Waals surface area contributed by atoms with Gasteiger partial charge < -0.3 is 5.11 Å². The predicted molar refractivity (Wildman–Crippen MR) is 91.9 cm³/mol. The molecule has 0 saturated carbocycles. The molecule has 0 amide bonds. The van der Waals surface area contributed by atoms with Crippen LogP contribution in [-0.4, -0.2) is 13.2 Å². The van der Waals surface area contributed by atoms with Crippen molar-refractivity contribution in [3.63, 3.8) is 0 Å². The Labute approximate surface area is 128 Å². The third kappa shape index (κ3) is 4.59. The molecular weight excluding hydrogens is 272 g/mol. The van der Waals surface area contributed by atoms with Crippen molar-refractivity contribution in [2.45, 2.75) is 32.7 Å². The Morgan fingerprint density at radius 2 is 1.62 bits per heavy atom. The minimum absolute atomic E-state index is 0.580. The normalized spacial score (nSPS) is 12.4. The fourth-order valence-corrected chi connectivity index (χ4v) is 2.56. The fourth-order valence-electron chi connectivity index (χ4n) is 2.04. The molecule has 0 fully saturated rings. The second-order valence-corrected chi connectivity index (χ2v) is 11.2. The van der Waals surface area contributed by atoms with Crippen molar-refractivity contribution >= 4 is 8.07 Å². The molecule has 0 bridgehead atoms. The van der Waals surface area contributed by atoms with Crippen LogP contribution in [0.4, 0.5) is 0 Å². The molecule has 0 aliphatic rings. The Kier molecular flexibility index (Phi) is 4.67. The Balaban J connectivity index is 2.20. The van der Waals surface area contributed by atoms with Gasteiger partial charge in [-0.1, -0.05) is 67.5 Å². The average molecular weight is 294 g/mol. The van der Waals surface area contributed by atoms with Crippen LogP contribution < -0.4 is 0 Å². The van der Waals surface area contributed by atoms with Crippen LogP contribution in [0, 0.1) is 18.4 Å². The van der Waals surface area contributed by atoms with E-state index >= 15 is 0 Å². The van der Waals surface area contributed by atoms with Crippen molar-refractivity contribution in [1.29, 1.82) is 0 Å². The van der Waals surface area contributed by atoms with Crippen molar-refractivity contribution < 1.29 is 5.11 Å². The second kappa shape index (κ2) is 6.30. The maximum atomic E-state index is 10.4. The second-order valence-electron chi connectivity index (χ2n) is 6.44. The number of benzene rings is 2. The standard InChI is InChI=1S/C19H22OSi/c1-15-6-5-7-18(14-15)19(20)17-10-8-16(9-11-17)12-13-21(2,3)4/h5-11,14,19-20H,1-4H3. The predicted octanol–water partition coefficient (Wildman–Crippen LogP) is 4.31. The van der Waals surface area contributed by atoms with Crippen LogP contribution in [0.2, 0.25) is 19.6 Å². The van der Waals surface area contributed by atoms with E-state index in [-0.39, 0.29) is 0 Å². The molecule has 1 atom stereocenters. The third-order valence-corrected chi connectivity index (χ3v) is 4.04. The first-order valence-electron chi connectivity index (χ1n) is 7.23. The minimum Gasteiger partial charge on any atom is -0.384 e. The van der Waals surface area contributed by atoms with Crippen LogP contribution in [0.5, 0.6) is 0 Å². The summed E-state index contributed by atoms with van der Waals surface area (Å²) in [5, 5.41) is 10.4. The van der Waals surface area contributed by atoms with E-state index in [1.807, 2.05) is 55.5 Å². The molecule has 0 aliphatic carbocycles. The monoisotopic (exact) mass is 294 g/mol. The number of aryl methyl sites for hydroxylation is 1. The lowest BCUT2D eigenvalue weighted by Gasteiger charge is -2.12. The summed E-state index contributed by atoms with van der Waals surface area (Å²) in [6.45, 7) is 8.73. The largest absolute Gasteiger partial charge is 0.384 e. The SMILES string of the molecule is Cc1cccc(C(O)c2ccc(C#C[Si](C)(C)C)cc2)c1. The van der Waals surface area contributed by atoms with Gasteiger partial charge in [0.2, 0.25) is 0 Å². The van der Waals surface area contributed by atoms with Crippen LogP contribution >= 0.6 is 0 Å². The van der Waals surface area contributed by atoms with Crippen molar-refractivity contribution in [2.24, 2.45) is 0 Å². The van der Waals surface area contributed by atoms with E-state index in [4.69, 9.17) is 0 Å². The van der Waals surface area contributed by atoms with E-state index in [0.29, 0.717) is 0 Å². The first-order chi connectivity index (χ1) is 9.85. The molecule has 1 unspecified atom stereocenters. The maximum Gasteiger partial charge on any atom is 0.129 e. The molecule has 0 aromatic heterocycles. The van der Waals surface area contributed by atoms with E-state index in [1.165, 1.54) is 0 Å². The lowest BCUT2D eigenvalue weighted by Crippen LogP contribution is -2.16. The summed E-state index contributed by atoms with van der Waals surface area (Å²) < 4.78 is 0. The molecule has 0 radical (unpaired) electrons. The quantitative estimate of drug-likeness (QED) is 0.646. The van der Waals surface area contributed by atoms with Gasteiger partial charge in [0.15, 0.2) is 0 Å². The number of aliphatic hydroxyl groups excluding tert-OH is 1. The first kappa shape index (κ1) is 15.6. The van der Waals surface area contributed by atoms with Crippen LogP contribution in [0.3, 0.4) is 0 Å². The van der Waals surface area contributed by atoms with Crippen molar-refractivity contribution in [3.05, 3.63) is 70.8 Å². The van der Waals surface area contributed by atoms with Gasteiger partial charge in [-0.3, -0.25) is 0 Å². The molecule has 2 rings (SSSR count). The molecule has 108 valence electrons. The van der Waals surface area contributed by atoms with E-state index in [2.05, 4.69) is 31.1 Å². The van der Waals surface area contributed by atoms with Crippen LogP contribution in [0.15, 0.2) is 48.5 Å². The summed E-state index contributed by atoms with van der Waals surface area (Å²) in [6.07, 6.45) is -0.580. The van der Waals surface area contributed by atoms with Gasteiger partial charge in [0.25, 0.3) is 0 Å². The van der Waals surface area contributed by atoms with E-state index < -0.39 is 14.2 Å². The van der Waals surface area contributed by atoms with Gasteiger partial charge in [0.05, 0.1) is 0 Å². The highest BCUT2D eigenvalue weighted by atomic mass is 28.3. The third-order valence-electron chi connectivity index (χ3n) is 3.17. The molecule has 1 nitrogen and oxygen atoms in total. The van der Waals surface area contributed by atoms with E-state index in [9.17, 15) is 5.11 Å². The highest BCUT2D eigenvalue weighted by Crippen LogP contribution is 2.22. The summed E-state index contributed by atoms with van der Waals surface area (Å²) in [7, 11) is -1.34. The molecule has 0 spiro atoms. The van der Waals surface area contributed by atoms with E-state index in [1.54, 1.807) is 0 Å². The van der Waals surface area contributed by atoms with Crippen molar-refractivity contribution in [1.82, 2.24) is 0 Å². The highest BCUT2D eigenvalue weighted by molar-refractivity contribution is 6.83. The summed E-state index contributed by atoms with van der Waals surface area (Å²) >= 11 is 0. The topological polar surface area (TPSA) is 20.2 Å². The Morgan fingerprint density at radius 3 is 2.19 bits per heavy atom. The molecule has 2 heteroatoms. The summed E-state index contributed by atoms with van der Waals surface area (Å²) in [4.78, 5) is 0. The molecular formula is C19H22OSi. The zero-order valence-electron chi connectivity index (χ0n) is 13.1. The van der Waals surface area contributed by atoms with Gasteiger partial charge in [-0.15, -0.1) is 5.54 Å². The van der Waals surface area contributed by atoms with Gasteiger partial charge >= 0.3 is 0 Å².